The van der Waals surface area contributed by atoms with E-state index in [0.717, 1.165) is 9.75 Å². The van der Waals surface area contributed by atoms with Gasteiger partial charge in [0.05, 0.1) is 6.04 Å². The third-order valence-corrected chi connectivity index (χ3v) is 4.85. The number of nitrogens with one attached hydrogen (secondary N) is 1. The first-order valence-corrected chi connectivity index (χ1v) is 7.47. The van der Waals surface area contributed by atoms with E-state index in [0.29, 0.717) is 12.1 Å². The highest BCUT2D eigenvalue weighted by Gasteiger charge is 2.25. The highest BCUT2D eigenvalue weighted by Crippen LogP contribution is 2.36. The van der Waals surface area contributed by atoms with Crippen LogP contribution in [0.2, 0.25) is 0 Å². The van der Waals surface area contributed by atoms with Crippen LogP contribution >= 0.6 is 11.3 Å². The predicted octanol–water partition coefficient (Wildman–Crippen LogP) is 4.77. The van der Waals surface area contributed by atoms with Crippen LogP contribution in [0.4, 0.5) is 13.2 Å². The van der Waals surface area contributed by atoms with Crippen LogP contribution in [0.5, 0.6) is 0 Å². The fraction of sp³-hybridized carbons (Fsp3) is 0.375. The van der Waals surface area contributed by atoms with Crippen LogP contribution in [-0.4, -0.2) is 7.05 Å². The first kappa shape index (κ1) is 16.0. The van der Waals surface area contributed by atoms with E-state index in [-0.39, 0.29) is 11.0 Å². The summed E-state index contributed by atoms with van der Waals surface area (Å²) >= 11 is 1.50. The van der Waals surface area contributed by atoms with Crippen molar-refractivity contribution in [2.24, 2.45) is 0 Å². The molecule has 21 heavy (non-hydrogen) atoms. The molecule has 1 N–H and O–H groups in total. The second-order valence-electron chi connectivity index (χ2n) is 5.96. The number of thiophene rings is 1. The number of hydrogen-bond acceptors (Lipinski definition) is 2. The van der Waals surface area contributed by atoms with Crippen LogP contribution in [0.3, 0.4) is 0 Å². The predicted molar refractivity (Wildman–Crippen MR) is 80.2 cm³/mol. The van der Waals surface area contributed by atoms with Crippen molar-refractivity contribution in [3.63, 3.8) is 0 Å². The molecule has 2 rings (SSSR count). The van der Waals surface area contributed by atoms with Crippen LogP contribution < -0.4 is 5.32 Å². The average molecular weight is 313 g/mol. The fourth-order valence-electron chi connectivity index (χ4n) is 2.17. The van der Waals surface area contributed by atoms with Crippen molar-refractivity contribution in [3.05, 3.63) is 57.0 Å². The molecular weight excluding hydrogens is 295 g/mol. The lowest BCUT2D eigenvalue weighted by Crippen LogP contribution is -2.19. The van der Waals surface area contributed by atoms with Gasteiger partial charge in [-0.3, -0.25) is 0 Å². The number of hydrogen-bond donors (Lipinski definition) is 1. The first-order chi connectivity index (χ1) is 9.74. The smallest absolute Gasteiger partial charge is 0.134 e. The monoisotopic (exact) mass is 313 g/mol. The topological polar surface area (TPSA) is 12.0 Å². The summed E-state index contributed by atoms with van der Waals surface area (Å²) in [6.07, 6.45) is 0. The van der Waals surface area contributed by atoms with E-state index in [2.05, 4.69) is 26.1 Å². The molecule has 0 fully saturated rings. The van der Waals surface area contributed by atoms with Gasteiger partial charge >= 0.3 is 0 Å². The quantitative estimate of drug-likeness (QED) is 0.860. The minimum absolute atomic E-state index is 0.0267. The van der Waals surface area contributed by atoms with Crippen molar-refractivity contribution in [2.45, 2.75) is 32.2 Å². The maximum absolute atomic E-state index is 14.0. The molecule has 114 valence electrons. The fourth-order valence-corrected chi connectivity index (χ4v) is 3.35. The lowest BCUT2D eigenvalue weighted by molar-refractivity contribution is 0.502. The molecule has 0 amide bonds. The van der Waals surface area contributed by atoms with E-state index in [4.69, 9.17) is 0 Å². The van der Waals surface area contributed by atoms with Crippen LogP contribution in [0.1, 0.15) is 42.1 Å². The van der Waals surface area contributed by atoms with E-state index >= 15 is 0 Å². The molecule has 0 aliphatic carbocycles. The average Bonchev–Trinajstić information content (AvgIpc) is 2.82. The van der Waals surface area contributed by atoms with E-state index in [1.807, 2.05) is 12.1 Å². The van der Waals surface area contributed by atoms with Gasteiger partial charge in [-0.15, -0.1) is 11.3 Å². The van der Waals surface area contributed by atoms with Gasteiger partial charge in [-0.2, -0.15) is 0 Å². The zero-order valence-corrected chi connectivity index (χ0v) is 13.2. The summed E-state index contributed by atoms with van der Waals surface area (Å²) in [5.41, 5.74) is -0.178. The molecule has 0 saturated carbocycles. The van der Waals surface area contributed by atoms with E-state index in [1.165, 1.54) is 11.3 Å². The second-order valence-corrected chi connectivity index (χ2v) is 7.07. The van der Waals surface area contributed by atoms with Gasteiger partial charge in [0.1, 0.15) is 17.5 Å². The summed E-state index contributed by atoms with van der Waals surface area (Å²) in [6, 6.07) is 4.60. The van der Waals surface area contributed by atoms with Crippen molar-refractivity contribution < 1.29 is 13.2 Å². The molecule has 0 aliphatic rings. The van der Waals surface area contributed by atoms with E-state index in [1.54, 1.807) is 7.05 Å². The van der Waals surface area contributed by atoms with Gasteiger partial charge < -0.3 is 5.32 Å². The van der Waals surface area contributed by atoms with Crippen LogP contribution in [0.25, 0.3) is 0 Å². The molecule has 0 radical (unpaired) electrons. The van der Waals surface area contributed by atoms with Gasteiger partial charge in [-0.05, 0) is 24.6 Å². The minimum Gasteiger partial charge on any atom is -0.308 e. The minimum atomic E-state index is -0.912. The molecule has 0 saturated heterocycles. The van der Waals surface area contributed by atoms with Gasteiger partial charge in [0.25, 0.3) is 0 Å². The molecule has 2 aromatic rings. The molecule has 5 heteroatoms. The summed E-state index contributed by atoms with van der Waals surface area (Å²) < 4.78 is 41.0. The van der Waals surface area contributed by atoms with Crippen LogP contribution in [0, 0.1) is 17.5 Å². The summed E-state index contributed by atoms with van der Waals surface area (Å²) in [7, 11) is 1.63. The molecule has 0 bridgehead atoms. The number of rotatable bonds is 3. The zero-order valence-electron chi connectivity index (χ0n) is 12.4. The lowest BCUT2D eigenvalue weighted by Gasteiger charge is -2.18. The molecule has 0 aliphatic heterocycles. The Balaban J connectivity index is 2.48. The Kier molecular flexibility index (Phi) is 4.44. The third kappa shape index (κ3) is 3.30. The van der Waals surface area contributed by atoms with Crippen molar-refractivity contribution in [1.82, 2.24) is 5.32 Å². The number of benzene rings is 1. The van der Waals surface area contributed by atoms with E-state index in [9.17, 15) is 13.2 Å². The molecule has 0 spiro atoms. The highest BCUT2D eigenvalue weighted by atomic mass is 32.1. The largest absolute Gasteiger partial charge is 0.308 e. The molecule has 1 atom stereocenters. The Morgan fingerprint density at radius 1 is 1.05 bits per heavy atom. The zero-order chi connectivity index (χ0) is 15.8. The summed E-state index contributed by atoms with van der Waals surface area (Å²) in [5, 5.41) is 2.91. The Bertz CT molecular complexity index is 620. The Labute approximate surface area is 126 Å². The van der Waals surface area contributed by atoms with E-state index < -0.39 is 23.5 Å². The van der Waals surface area contributed by atoms with Crippen LogP contribution in [-0.2, 0) is 5.41 Å². The summed E-state index contributed by atoms with van der Waals surface area (Å²) in [4.78, 5) is 1.92. The lowest BCUT2D eigenvalue weighted by atomic mass is 9.95. The van der Waals surface area contributed by atoms with Crippen molar-refractivity contribution in [1.29, 1.82) is 0 Å². The van der Waals surface area contributed by atoms with Gasteiger partial charge in [0.2, 0.25) is 0 Å². The van der Waals surface area contributed by atoms with Gasteiger partial charge in [0, 0.05) is 27.5 Å². The maximum atomic E-state index is 14.0. The van der Waals surface area contributed by atoms with Gasteiger partial charge in [-0.25, -0.2) is 13.2 Å². The Hall–Kier alpha value is -1.33. The molecule has 1 heterocycles. The first-order valence-electron chi connectivity index (χ1n) is 6.66. The maximum Gasteiger partial charge on any atom is 0.134 e. The Morgan fingerprint density at radius 2 is 1.62 bits per heavy atom. The highest BCUT2D eigenvalue weighted by molar-refractivity contribution is 7.12. The summed E-state index contributed by atoms with van der Waals surface area (Å²) in [6.45, 7) is 6.24. The standard InChI is InChI=1S/C16H18F3NS/c1-16(2,3)13-6-5-12(21-13)15(20-4)14-10(18)7-9(17)8-11(14)19/h5-8,15,20H,1-4H3. The second kappa shape index (κ2) is 5.81. The van der Waals surface area contributed by atoms with Crippen molar-refractivity contribution >= 4 is 11.3 Å². The molecular formula is C16H18F3NS. The molecule has 1 aromatic heterocycles. The van der Waals surface area contributed by atoms with Gasteiger partial charge in [-0.1, -0.05) is 20.8 Å². The van der Waals surface area contributed by atoms with Crippen molar-refractivity contribution in [3.8, 4) is 0 Å². The van der Waals surface area contributed by atoms with Crippen molar-refractivity contribution in [2.75, 3.05) is 7.05 Å². The number of halogens is 3. The molecule has 1 nitrogen and oxygen atoms in total. The molecule has 1 unspecified atom stereocenters. The SMILES string of the molecule is CNC(c1ccc(C(C)(C)C)s1)c1c(F)cc(F)cc1F. The van der Waals surface area contributed by atoms with Gasteiger partial charge in [0.15, 0.2) is 0 Å². The third-order valence-electron chi connectivity index (χ3n) is 3.27. The summed E-state index contributed by atoms with van der Waals surface area (Å²) in [5.74, 6) is -2.67. The Morgan fingerprint density at radius 3 is 2.05 bits per heavy atom. The molecule has 1 aromatic carbocycles. The normalized spacial score (nSPS) is 13.5. The van der Waals surface area contributed by atoms with Crippen LogP contribution in [0.15, 0.2) is 24.3 Å².